The first-order valence-corrected chi connectivity index (χ1v) is 8.04. The molecule has 4 heteroatoms. The van der Waals surface area contributed by atoms with Gasteiger partial charge in [0.1, 0.15) is 0 Å². The Morgan fingerprint density at radius 1 is 1.39 bits per heavy atom. The standard InChI is InChI=1S/C19H23N3O/c1-13-6-7-16-10-14(2)18(17(16)9-13)21-19(23)22(3)12-15-5-4-8-20-11-15/h4-9,11,14,18H,10,12H2,1-3H3,(H,21,23)/t14-,18-/m1/s1. The van der Waals surface area contributed by atoms with Gasteiger partial charge in [0.05, 0.1) is 6.04 Å². The molecule has 2 atom stereocenters. The fourth-order valence-corrected chi connectivity index (χ4v) is 3.26. The van der Waals surface area contributed by atoms with E-state index < -0.39 is 0 Å². The van der Waals surface area contributed by atoms with Crippen molar-refractivity contribution in [1.29, 1.82) is 0 Å². The zero-order valence-electron chi connectivity index (χ0n) is 13.9. The molecule has 0 bridgehead atoms. The van der Waals surface area contributed by atoms with Crippen LogP contribution in [-0.2, 0) is 13.0 Å². The molecular weight excluding hydrogens is 286 g/mol. The lowest BCUT2D eigenvalue weighted by atomic mass is 10.0. The maximum absolute atomic E-state index is 12.5. The van der Waals surface area contributed by atoms with Crippen LogP contribution in [0.1, 0.15) is 35.2 Å². The van der Waals surface area contributed by atoms with Gasteiger partial charge in [0.2, 0.25) is 0 Å². The van der Waals surface area contributed by atoms with Crippen LogP contribution in [0.3, 0.4) is 0 Å². The number of hydrogen-bond acceptors (Lipinski definition) is 2. The largest absolute Gasteiger partial charge is 0.331 e. The van der Waals surface area contributed by atoms with Crippen LogP contribution in [0.25, 0.3) is 0 Å². The predicted octanol–water partition coefficient (Wildman–Crippen LogP) is 3.46. The molecule has 0 radical (unpaired) electrons. The van der Waals surface area contributed by atoms with Crippen LogP contribution in [0.4, 0.5) is 4.79 Å². The highest BCUT2D eigenvalue weighted by Crippen LogP contribution is 2.36. The van der Waals surface area contributed by atoms with Crippen LogP contribution in [0.5, 0.6) is 0 Å². The average Bonchev–Trinajstić information content (AvgIpc) is 2.84. The van der Waals surface area contributed by atoms with Crippen LogP contribution in [0, 0.1) is 12.8 Å². The van der Waals surface area contributed by atoms with Crippen LogP contribution < -0.4 is 5.32 Å². The van der Waals surface area contributed by atoms with Crippen molar-refractivity contribution >= 4 is 6.03 Å². The van der Waals surface area contributed by atoms with Gasteiger partial charge in [-0.3, -0.25) is 4.98 Å². The van der Waals surface area contributed by atoms with E-state index in [1.54, 1.807) is 17.3 Å². The summed E-state index contributed by atoms with van der Waals surface area (Å²) in [5.74, 6) is 0.419. The number of pyridine rings is 1. The Morgan fingerprint density at radius 2 is 2.22 bits per heavy atom. The van der Waals surface area contributed by atoms with E-state index in [0.29, 0.717) is 12.5 Å². The van der Waals surface area contributed by atoms with Crippen molar-refractivity contribution < 1.29 is 4.79 Å². The first-order valence-electron chi connectivity index (χ1n) is 8.04. The summed E-state index contributed by atoms with van der Waals surface area (Å²) < 4.78 is 0. The number of amides is 2. The van der Waals surface area contributed by atoms with Crippen LogP contribution in [-0.4, -0.2) is 23.0 Å². The number of aryl methyl sites for hydroxylation is 1. The summed E-state index contributed by atoms with van der Waals surface area (Å²) in [5, 5.41) is 3.20. The molecule has 1 aromatic carbocycles. The minimum absolute atomic E-state index is 0.0416. The first kappa shape index (κ1) is 15.5. The van der Waals surface area contributed by atoms with Gasteiger partial charge in [-0.1, -0.05) is 36.8 Å². The number of rotatable bonds is 3. The van der Waals surface area contributed by atoms with Crippen LogP contribution in [0.2, 0.25) is 0 Å². The zero-order valence-corrected chi connectivity index (χ0v) is 13.9. The lowest BCUT2D eigenvalue weighted by molar-refractivity contribution is 0.199. The lowest BCUT2D eigenvalue weighted by Crippen LogP contribution is -2.40. The fraction of sp³-hybridized carbons (Fsp3) is 0.368. The number of nitrogens with one attached hydrogen (secondary N) is 1. The zero-order chi connectivity index (χ0) is 16.4. The first-order chi connectivity index (χ1) is 11.0. The minimum atomic E-state index is -0.0416. The highest BCUT2D eigenvalue weighted by atomic mass is 16.2. The molecule has 1 heterocycles. The van der Waals surface area contributed by atoms with Crippen molar-refractivity contribution in [2.75, 3.05) is 7.05 Å². The van der Waals surface area contributed by atoms with E-state index in [9.17, 15) is 4.79 Å². The molecule has 0 fully saturated rings. The van der Waals surface area contributed by atoms with Gasteiger partial charge in [-0.25, -0.2) is 4.79 Å². The molecule has 23 heavy (non-hydrogen) atoms. The van der Waals surface area contributed by atoms with Gasteiger partial charge in [-0.05, 0) is 42.0 Å². The van der Waals surface area contributed by atoms with Crippen molar-refractivity contribution in [3.05, 3.63) is 65.0 Å². The molecule has 4 nitrogen and oxygen atoms in total. The summed E-state index contributed by atoms with van der Waals surface area (Å²) in [5.41, 5.74) is 4.88. The number of carbonyl (C=O) groups is 1. The van der Waals surface area contributed by atoms with Crippen LogP contribution in [0.15, 0.2) is 42.7 Å². The van der Waals surface area contributed by atoms with E-state index in [1.807, 2.05) is 19.2 Å². The Morgan fingerprint density at radius 3 is 2.96 bits per heavy atom. The second-order valence-electron chi connectivity index (χ2n) is 6.53. The Labute approximate surface area is 137 Å². The van der Waals surface area contributed by atoms with Crippen molar-refractivity contribution in [3.8, 4) is 0 Å². The summed E-state index contributed by atoms with van der Waals surface area (Å²) in [6.07, 6.45) is 4.55. The number of urea groups is 1. The highest BCUT2D eigenvalue weighted by molar-refractivity contribution is 5.74. The smallest absolute Gasteiger partial charge is 0.317 e. The molecule has 2 aromatic rings. The van der Waals surface area contributed by atoms with E-state index in [0.717, 1.165) is 12.0 Å². The minimum Gasteiger partial charge on any atom is -0.331 e. The normalized spacial score (nSPS) is 19.3. The number of hydrogen-bond donors (Lipinski definition) is 1. The van der Waals surface area contributed by atoms with E-state index in [4.69, 9.17) is 0 Å². The monoisotopic (exact) mass is 309 g/mol. The molecule has 1 aliphatic carbocycles. The van der Waals surface area contributed by atoms with Crippen molar-refractivity contribution in [1.82, 2.24) is 15.2 Å². The Hall–Kier alpha value is -2.36. The third-order valence-corrected chi connectivity index (χ3v) is 4.52. The molecule has 0 unspecified atom stereocenters. The summed E-state index contributed by atoms with van der Waals surface area (Å²) in [6, 6.07) is 10.4. The molecule has 120 valence electrons. The summed E-state index contributed by atoms with van der Waals surface area (Å²) >= 11 is 0. The molecule has 0 spiro atoms. The quantitative estimate of drug-likeness (QED) is 0.943. The van der Waals surface area contributed by atoms with Crippen molar-refractivity contribution in [2.45, 2.75) is 32.9 Å². The summed E-state index contributed by atoms with van der Waals surface area (Å²) in [6.45, 7) is 4.85. The van der Waals surface area contributed by atoms with E-state index in [-0.39, 0.29) is 12.1 Å². The number of fused-ring (bicyclic) bond motifs is 1. The molecule has 1 aliphatic rings. The highest BCUT2D eigenvalue weighted by Gasteiger charge is 2.31. The Bertz CT molecular complexity index is 699. The third-order valence-electron chi connectivity index (χ3n) is 4.52. The lowest BCUT2D eigenvalue weighted by Gasteiger charge is -2.24. The molecule has 0 saturated heterocycles. The SMILES string of the molecule is Cc1ccc2c(c1)[C@H](NC(=O)N(C)Cc1cccnc1)[C@H](C)C2. The van der Waals surface area contributed by atoms with Crippen molar-refractivity contribution in [3.63, 3.8) is 0 Å². The van der Waals surface area contributed by atoms with Gasteiger partial charge in [0.25, 0.3) is 0 Å². The van der Waals surface area contributed by atoms with Crippen molar-refractivity contribution in [2.24, 2.45) is 5.92 Å². The fourth-order valence-electron chi connectivity index (χ4n) is 3.26. The van der Waals surface area contributed by atoms with Gasteiger partial charge in [-0.2, -0.15) is 0 Å². The number of aromatic nitrogens is 1. The van der Waals surface area contributed by atoms with Gasteiger partial charge >= 0.3 is 6.03 Å². The summed E-state index contributed by atoms with van der Waals surface area (Å²) in [7, 11) is 1.82. The Balaban J connectivity index is 1.69. The molecule has 1 aromatic heterocycles. The van der Waals surface area contributed by atoms with Gasteiger partial charge in [0.15, 0.2) is 0 Å². The number of benzene rings is 1. The maximum atomic E-state index is 12.5. The Kier molecular flexibility index (Phi) is 4.33. The van der Waals surface area contributed by atoms with Gasteiger partial charge < -0.3 is 10.2 Å². The van der Waals surface area contributed by atoms with E-state index in [2.05, 4.69) is 42.3 Å². The molecular formula is C19H23N3O. The van der Waals surface area contributed by atoms with Crippen LogP contribution >= 0.6 is 0 Å². The van der Waals surface area contributed by atoms with E-state index >= 15 is 0 Å². The van der Waals surface area contributed by atoms with Gasteiger partial charge in [0, 0.05) is 26.0 Å². The topological polar surface area (TPSA) is 45.2 Å². The predicted molar refractivity (Wildman–Crippen MR) is 91.0 cm³/mol. The second-order valence-corrected chi connectivity index (χ2v) is 6.53. The average molecular weight is 309 g/mol. The second kappa shape index (κ2) is 6.41. The number of nitrogens with zero attached hydrogens (tertiary/aromatic N) is 2. The molecule has 3 rings (SSSR count). The molecule has 1 N–H and O–H groups in total. The molecule has 0 saturated carbocycles. The number of carbonyl (C=O) groups excluding carboxylic acids is 1. The summed E-state index contributed by atoms with van der Waals surface area (Å²) in [4.78, 5) is 18.3. The van der Waals surface area contributed by atoms with Gasteiger partial charge in [-0.15, -0.1) is 0 Å². The molecule has 0 aliphatic heterocycles. The maximum Gasteiger partial charge on any atom is 0.317 e. The third kappa shape index (κ3) is 3.36. The molecule has 2 amide bonds. The van der Waals surface area contributed by atoms with E-state index in [1.165, 1.54) is 16.7 Å².